The molecular weight excluding hydrogens is 311 g/mol. The van der Waals surface area contributed by atoms with Gasteiger partial charge in [-0.3, -0.25) is 0 Å². The van der Waals surface area contributed by atoms with Gasteiger partial charge in [-0.05, 0) is 31.2 Å². The molecule has 0 saturated heterocycles. The van der Waals surface area contributed by atoms with Crippen molar-refractivity contribution in [3.8, 4) is 17.2 Å². The fraction of sp³-hybridized carbons (Fsp3) is 0.133. The molecule has 0 bridgehead atoms. The van der Waals surface area contributed by atoms with E-state index in [4.69, 9.17) is 4.74 Å². The van der Waals surface area contributed by atoms with Gasteiger partial charge < -0.3 is 9.84 Å². The number of fused-ring (bicyclic) bond motifs is 1. The summed E-state index contributed by atoms with van der Waals surface area (Å²) in [5.74, 6) is 0.238. The Labute approximate surface area is 128 Å². The molecule has 1 N–H and O–H groups in total. The SMILES string of the molecule is [CH2]c1cc(OC)cc(-n2nc3ccc(C(F)(F)F)cc3n2)c1O. The molecule has 8 heteroatoms. The molecule has 119 valence electrons. The summed E-state index contributed by atoms with van der Waals surface area (Å²) in [6, 6.07) is 6.04. The highest BCUT2D eigenvalue weighted by atomic mass is 19.4. The normalized spacial score (nSPS) is 11.9. The van der Waals surface area contributed by atoms with Crippen molar-refractivity contribution in [2.75, 3.05) is 7.11 Å². The molecule has 3 rings (SSSR count). The Morgan fingerprint density at radius 3 is 2.48 bits per heavy atom. The summed E-state index contributed by atoms with van der Waals surface area (Å²) in [6.45, 7) is 3.67. The van der Waals surface area contributed by atoms with Crippen molar-refractivity contribution in [2.45, 2.75) is 6.18 Å². The molecule has 2 aromatic carbocycles. The third kappa shape index (κ3) is 2.67. The molecule has 1 radical (unpaired) electrons. The summed E-state index contributed by atoms with van der Waals surface area (Å²) >= 11 is 0. The summed E-state index contributed by atoms with van der Waals surface area (Å²) in [5.41, 5.74) is -0.0287. The average Bonchev–Trinajstić information content (AvgIpc) is 2.91. The van der Waals surface area contributed by atoms with Crippen LogP contribution in [0, 0.1) is 6.92 Å². The van der Waals surface area contributed by atoms with Crippen LogP contribution in [-0.2, 0) is 6.18 Å². The van der Waals surface area contributed by atoms with Crippen LogP contribution < -0.4 is 4.74 Å². The zero-order valence-corrected chi connectivity index (χ0v) is 11.9. The van der Waals surface area contributed by atoms with E-state index in [1.54, 1.807) is 0 Å². The number of hydrogen-bond acceptors (Lipinski definition) is 4. The molecule has 0 amide bonds. The van der Waals surface area contributed by atoms with Gasteiger partial charge in [-0.15, -0.1) is 15.0 Å². The molecule has 23 heavy (non-hydrogen) atoms. The standard InChI is InChI=1S/C15H11F3N3O2/c1-8-5-10(23-2)7-13(14(8)22)21-19-11-4-3-9(15(16,17)18)6-12(11)20-21/h3-7,22H,1H2,2H3. The number of phenols is 1. The summed E-state index contributed by atoms with van der Waals surface area (Å²) in [4.78, 5) is 1.05. The van der Waals surface area contributed by atoms with Gasteiger partial charge in [0.1, 0.15) is 28.2 Å². The zero-order valence-electron chi connectivity index (χ0n) is 11.9. The predicted molar refractivity (Wildman–Crippen MR) is 76.5 cm³/mol. The minimum Gasteiger partial charge on any atom is -0.505 e. The first kappa shape index (κ1) is 15.1. The van der Waals surface area contributed by atoms with E-state index in [-0.39, 0.29) is 28.0 Å². The number of hydrogen-bond donors (Lipinski definition) is 1. The van der Waals surface area contributed by atoms with Crippen molar-refractivity contribution in [3.63, 3.8) is 0 Å². The lowest BCUT2D eigenvalue weighted by Crippen LogP contribution is -2.04. The van der Waals surface area contributed by atoms with Gasteiger partial charge in [0.2, 0.25) is 0 Å². The fourth-order valence-electron chi connectivity index (χ4n) is 2.12. The molecule has 1 aromatic heterocycles. The predicted octanol–water partition coefficient (Wildman–Crippen LogP) is 3.34. The molecule has 0 unspecified atom stereocenters. The van der Waals surface area contributed by atoms with Gasteiger partial charge in [0, 0.05) is 11.6 Å². The van der Waals surface area contributed by atoms with Crippen LogP contribution in [-0.4, -0.2) is 27.2 Å². The molecule has 0 spiro atoms. The van der Waals surface area contributed by atoms with Crippen molar-refractivity contribution >= 4 is 11.0 Å². The van der Waals surface area contributed by atoms with E-state index in [1.807, 2.05) is 0 Å². The molecule has 0 aliphatic rings. The second kappa shape index (κ2) is 5.15. The van der Waals surface area contributed by atoms with Gasteiger partial charge in [-0.25, -0.2) is 0 Å². The van der Waals surface area contributed by atoms with Crippen molar-refractivity contribution in [3.05, 3.63) is 48.4 Å². The maximum absolute atomic E-state index is 12.7. The molecule has 0 saturated carbocycles. The lowest BCUT2D eigenvalue weighted by Gasteiger charge is -2.08. The molecular formula is C15H11F3N3O2. The number of aromatic nitrogens is 3. The first-order valence-electron chi connectivity index (χ1n) is 6.47. The summed E-state index contributed by atoms with van der Waals surface area (Å²) < 4.78 is 43.3. The number of aromatic hydroxyl groups is 1. The number of benzene rings is 2. The van der Waals surface area contributed by atoms with Crippen LogP contribution in [0.5, 0.6) is 11.5 Å². The number of alkyl halides is 3. The number of halogens is 3. The van der Waals surface area contributed by atoms with Gasteiger partial charge in [0.05, 0.1) is 12.7 Å². The molecule has 1 heterocycles. The molecule has 0 aliphatic carbocycles. The van der Waals surface area contributed by atoms with Crippen molar-refractivity contribution in [1.82, 2.24) is 15.0 Å². The van der Waals surface area contributed by atoms with E-state index >= 15 is 0 Å². The number of ether oxygens (including phenoxy) is 1. The van der Waals surface area contributed by atoms with Gasteiger partial charge in [-0.1, -0.05) is 0 Å². The molecule has 5 nitrogen and oxygen atoms in total. The quantitative estimate of drug-likeness (QED) is 0.786. The Kier molecular flexibility index (Phi) is 3.39. The van der Waals surface area contributed by atoms with Crippen LogP contribution in [0.1, 0.15) is 11.1 Å². The highest BCUT2D eigenvalue weighted by Gasteiger charge is 2.31. The van der Waals surface area contributed by atoms with Gasteiger partial charge in [0.25, 0.3) is 0 Å². The smallest absolute Gasteiger partial charge is 0.416 e. The van der Waals surface area contributed by atoms with Crippen molar-refractivity contribution < 1.29 is 23.0 Å². The Bertz CT molecular complexity index is 888. The van der Waals surface area contributed by atoms with Gasteiger partial charge >= 0.3 is 6.18 Å². The minimum atomic E-state index is -4.46. The van der Waals surface area contributed by atoms with Crippen LogP contribution in [0.15, 0.2) is 30.3 Å². The van der Waals surface area contributed by atoms with Crippen LogP contribution in [0.4, 0.5) is 13.2 Å². The highest BCUT2D eigenvalue weighted by Crippen LogP contribution is 2.32. The lowest BCUT2D eigenvalue weighted by atomic mass is 10.2. The lowest BCUT2D eigenvalue weighted by molar-refractivity contribution is -0.137. The third-order valence-electron chi connectivity index (χ3n) is 3.30. The second-order valence-corrected chi connectivity index (χ2v) is 4.84. The summed E-state index contributed by atoms with van der Waals surface area (Å²) in [6.07, 6.45) is -4.46. The van der Waals surface area contributed by atoms with Crippen LogP contribution in [0.3, 0.4) is 0 Å². The van der Waals surface area contributed by atoms with E-state index in [2.05, 4.69) is 17.1 Å². The van der Waals surface area contributed by atoms with Crippen molar-refractivity contribution in [1.29, 1.82) is 0 Å². The van der Waals surface area contributed by atoms with E-state index in [0.717, 1.165) is 16.9 Å². The largest absolute Gasteiger partial charge is 0.505 e. The van der Waals surface area contributed by atoms with E-state index < -0.39 is 11.7 Å². The number of rotatable bonds is 2. The van der Waals surface area contributed by atoms with Crippen LogP contribution >= 0.6 is 0 Å². The van der Waals surface area contributed by atoms with Crippen LogP contribution in [0.2, 0.25) is 0 Å². The minimum absolute atomic E-state index is 0.0626. The van der Waals surface area contributed by atoms with E-state index in [1.165, 1.54) is 25.3 Å². The van der Waals surface area contributed by atoms with Gasteiger partial charge in [0.15, 0.2) is 0 Å². The highest BCUT2D eigenvalue weighted by molar-refractivity contribution is 5.75. The monoisotopic (exact) mass is 322 g/mol. The number of nitrogens with zero attached hydrogens (tertiary/aromatic N) is 3. The molecule has 0 atom stereocenters. The first-order valence-corrected chi connectivity index (χ1v) is 6.47. The van der Waals surface area contributed by atoms with Gasteiger partial charge in [-0.2, -0.15) is 13.2 Å². The average molecular weight is 322 g/mol. The molecule has 3 aromatic rings. The summed E-state index contributed by atoms with van der Waals surface area (Å²) in [5, 5.41) is 18.2. The topological polar surface area (TPSA) is 60.2 Å². The Morgan fingerprint density at radius 2 is 1.83 bits per heavy atom. The van der Waals surface area contributed by atoms with Crippen LogP contribution in [0.25, 0.3) is 16.7 Å². The third-order valence-corrected chi connectivity index (χ3v) is 3.30. The molecule has 0 fully saturated rings. The Hall–Kier alpha value is -2.77. The number of methoxy groups -OCH3 is 1. The summed E-state index contributed by atoms with van der Waals surface area (Å²) in [7, 11) is 1.44. The van der Waals surface area contributed by atoms with E-state index in [0.29, 0.717) is 5.75 Å². The van der Waals surface area contributed by atoms with Crippen molar-refractivity contribution in [2.24, 2.45) is 0 Å². The maximum atomic E-state index is 12.7. The zero-order chi connectivity index (χ0) is 16.8. The first-order chi connectivity index (χ1) is 10.8. The Morgan fingerprint density at radius 1 is 1.13 bits per heavy atom. The second-order valence-electron chi connectivity index (χ2n) is 4.84. The van der Waals surface area contributed by atoms with E-state index in [9.17, 15) is 18.3 Å². The molecule has 0 aliphatic heterocycles. The fourth-order valence-corrected chi connectivity index (χ4v) is 2.12. The Balaban J connectivity index is 2.16. The number of phenolic OH excluding ortho intramolecular Hbond substituents is 1. The maximum Gasteiger partial charge on any atom is 0.416 e.